The van der Waals surface area contributed by atoms with Crippen molar-refractivity contribution in [3.63, 3.8) is 0 Å². The van der Waals surface area contributed by atoms with E-state index in [1.807, 2.05) is 6.07 Å². The first-order valence-corrected chi connectivity index (χ1v) is 9.82. The van der Waals surface area contributed by atoms with Crippen molar-refractivity contribution in [2.24, 2.45) is 0 Å². The second kappa shape index (κ2) is 7.94. The second-order valence-electron chi connectivity index (χ2n) is 7.59. The molecule has 138 valence electrons. The summed E-state index contributed by atoms with van der Waals surface area (Å²) in [7, 11) is 0. The van der Waals surface area contributed by atoms with Crippen LogP contribution in [0, 0.1) is 0 Å². The van der Waals surface area contributed by atoms with Gasteiger partial charge in [-0.3, -0.25) is 4.90 Å². The fourth-order valence-corrected chi connectivity index (χ4v) is 4.44. The molecule has 5 heteroatoms. The third kappa shape index (κ3) is 4.10. The molecule has 25 heavy (non-hydrogen) atoms. The zero-order chi connectivity index (χ0) is 17.1. The Labute approximate surface area is 150 Å². The minimum atomic E-state index is -0.105. The molecule has 0 radical (unpaired) electrons. The molecule has 2 atom stereocenters. The number of rotatable bonds is 5. The van der Waals surface area contributed by atoms with Crippen LogP contribution in [0.4, 0.5) is 0 Å². The lowest BCUT2D eigenvalue weighted by atomic mass is 9.91. The molecule has 1 aliphatic carbocycles. The smallest absolute Gasteiger partial charge is 0.231 e. The molecule has 2 fully saturated rings. The largest absolute Gasteiger partial charge is 0.454 e. The Morgan fingerprint density at radius 3 is 2.64 bits per heavy atom. The van der Waals surface area contributed by atoms with Gasteiger partial charge >= 0.3 is 0 Å². The molecule has 1 aromatic rings. The highest BCUT2D eigenvalue weighted by Gasteiger charge is 2.30. The van der Waals surface area contributed by atoms with Crippen LogP contribution < -0.4 is 9.47 Å². The number of nitrogens with zero attached hydrogens (tertiary/aromatic N) is 2. The molecule has 0 unspecified atom stereocenters. The SMILES string of the molecule is O[C@H]1CCCC[C@@H]1N1CCN(CCCc2ccc3c(c2)OCO3)CC1. The van der Waals surface area contributed by atoms with Crippen LogP contribution in [0.25, 0.3) is 0 Å². The minimum absolute atomic E-state index is 0.105. The third-order valence-corrected chi connectivity index (χ3v) is 5.95. The summed E-state index contributed by atoms with van der Waals surface area (Å²) < 4.78 is 10.8. The number of benzene rings is 1. The highest BCUT2D eigenvalue weighted by atomic mass is 16.7. The van der Waals surface area contributed by atoms with Crippen LogP contribution in [0.15, 0.2) is 18.2 Å². The second-order valence-corrected chi connectivity index (χ2v) is 7.59. The zero-order valence-corrected chi connectivity index (χ0v) is 15.0. The van der Waals surface area contributed by atoms with Gasteiger partial charge in [0, 0.05) is 32.2 Å². The molecule has 1 aromatic carbocycles. The van der Waals surface area contributed by atoms with Crippen molar-refractivity contribution in [2.45, 2.75) is 50.7 Å². The van der Waals surface area contributed by atoms with E-state index in [4.69, 9.17) is 9.47 Å². The van der Waals surface area contributed by atoms with Gasteiger partial charge in [-0.05, 0) is 49.9 Å². The summed E-state index contributed by atoms with van der Waals surface area (Å²) >= 11 is 0. The van der Waals surface area contributed by atoms with Crippen LogP contribution in [0.5, 0.6) is 11.5 Å². The number of aliphatic hydroxyl groups excluding tert-OH is 1. The summed E-state index contributed by atoms with van der Waals surface area (Å²) in [6.45, 7) is 5.96. The molecule has 0 amide bonds. The van der Waals surface area contributed by atoms with Gasteiger partial charge in [-0.15, -0.1) is 0 Å². The van der Waals surface area contributed by atoms with Gasteiger partial charge < -0.3 is 19.5 Å². The van der Waals surface area contributed by atoms with E-state index in [0.717, 1.165) is 57.1 Å². The number of fused-ring (bicyclic) bond motifs is 1. The number of piperazine rings is 1. The first-order chi connectivity index (χ1) is 12.3. The van der Waals surface area contributed by atoms with Gasteiger partial charge in [0.1, 0.15) is 0 Å². The van der Waals surface area contributed by atoms with E-state index >= 15 is 0 Å². The summed E-state index contributed by atoms with van der Waals surface area (Å²) in [6.07, 6.45) is 6.77. The Kier molecular flexibility index (Phi) is 5.44. The van der Waals surface area contributed by atoms with Gasteiger partial charge in [-0.2, -0.15) is 0 Å². The fourth-order valence-electron chi connectivity index (χ4n) is 4.44. The summed E-state index contributed by atoms with van der Waals surface area (Å²) in [5.41, 5.74) is 1.33. The molecular weight excluding hydrogens is 316 g/mol. The highest BCUT2D eigenvalue weighted by Crippen LogP contribution is 2.32. The first kappa shape index (κ1) is 17.1. The Morgan fingerprint density at radius 2 is 1.80 bits per heavy atom. The number of hydrogen-bond acceptors (Lipinski definition) is 5. The van der Waals surface area contributed by atoms with Crippen molar-refractivity contribution in [3.8, 4) is 11.5 Å². The maximum absolute atomic E-state index is 10.2. The Morgan fingerprint density at radius 1 is 1.00 bits per heavy atom. The molecule has 2 aliphatic heterocycles. The number of ether oxygens (including phenoxy) is 2. The van der Waals surface area contributed by atoms with Gasteiger partial charge in [-0.1, -0.05) is 18.9 Å². The lowest BCUT2D eigenvalue weighted by Gasteiger charge is -2.42. The standard InChI is InChI=1S/C20H30N2O3/c23-18-6-2-1-5-17(18)22-12-10-21(11-13-22)9-3-4-16-7-8-19-20(14-16)25-15-24-19/h7-8,14,17-18,23H,1-6,9-13,15H2/t17-,18-/m0/s1. The van der Waals surface area contributed by atoms with Gasteiger partial charge in [0.05, 0.1) is 6.10 Å². The van der Waals surface area contributed by atoms with Crippen molar-refractivity contribution in [1.82, 2.24) is 9.80 Å². The van der Waals surface area contributed by atoms with E-state index in [2.05, 4.69) is 21.9 Å². The van der Waals surface area contributed by atoms with E-state index in [1.54, 1.807) is 0 Å². The topological polar surface area (TPSA) is 45.2 Å². The predicted octanol–water partition coefficient (Wildman–Crippen LogP) is 2.27. The van der Waals surface area contributed by atoms with E-state index in [9.17, 15) is 5.11 Å². The maximum atomic E-state index is 10.2. The molecule has 1 N–H and O–H groups in total. The molecule has 1 saturated carbocycles. The summed E-state index contributed by atoms with van der Waals surface area (Å²) in [5, 5.41) is 10.2. The quantitative estimate of drug-likeness (QED) is 0.886. The van der Waals surface area contributed by atoms with E-state index in [1.165, 1.54) is 31.2 Å². The van der Waals surface area contributed by atoms with Crippen LogP contribution in [0.2, 0.25) is 0 Å². The molecule has 2 heterocycles. The lowest BCUT2D eigenvalue weighted by molar-refractivity contribution is -0.00358. The van der Waals surface area contributed by atoms with Crippen molar-refractivity contribution in [3.05, 3.63) is 23.8 Å². The van der Waals surface area contributed by atoms with Crippen molar-refractivity contribution >= 4 is 0 Å². The first-order valence-electron chi connectivity index (χ1n) is 9.82. The lowest BCUT2D eigenvalue weighted by Crippen LogP contribution is -2.54. The molecule has 0 bridgehead atoms. The van der Waals surface area contributed by atoms with Crippen LogP contribution in [-0.4, -0.2) is 66.6 Å². The van der Waals surface area contributed by atoms with Crippen molar-refractivity contribution in [1.29, 1.82) is 0 Å². The molecule has 0 aromatic heterocycles. The molecule has 1 saturated heterocycles. The number of hydrogen-bond donors (Lipinski definition) is 1. The highest BCUT2D eigenvalue weighted by molar-refractivity contribution is 5.44. The van der Waals surface area contributed by atoms with Crippen molar-refractivity contribution < 1.29 is 14.6 Å². The zero-order valence-electron chi connectivity index (χ0n) is 15.0. The van der Waals surface area contributed by atoms with Gasteiger partial charge in [-0.25, -0.2) is 0 Å². The van der Waals surface area contributed by atoms with Gasteiger partial charge in [0.25, 0.3) is 0 Å². The van der Waals surface area contributed by atoms with Crippen LogP contribution in [0.1, 0.15) is 37.7 Å². The molecule has 3 aliphatic rings. The average Bonchev–Trinajstić information content (AvgIpc) is 3.11. The van der Waals surface area contributed by atoms with Gasteiger partial charge in [0.15, 0.2) is 11.5 Å². The molecule has 0 spiro atoms. The summed E-state index contributed by atoms with van der Waals surface area (Å²) in [6, 6.07) is 6.69. The van der Waals surface area contributed by atoms with E-state index < -0.39 is 0 Å². The van der Waals surface area contributed by atoms with Crippen LogP contribution >= 0.6 is 0 Å². The molecule has 5 nitrogen and oxygen atoms in total. The average molecular weight is 346 g/mol. The summed E-state index contributed by atoms with van der Waals surface area (Å²) in [5.74, 6) is 1.75. The van der Waals surface area contributed by atoms with E-state index in [-0.39, 0.29) is 6.10 Å². The Balaban J connectivity index is 1.19. The number of aryl methyl sites for hydroxylation is 1. The summed E-state index contributed by atoms with van der Waals surface area (Å²) in [4.78, 5) is 5.09. The van der Waals surface area contributed by atoms with E-state index in [0.29, 0.717) is 12.8 Å². The van der Waals surface area contributed by atoms with Crippen LogP contribution in [-0.2, 0) is 6.42 Å². The fraction of sp³-hybridized carbons (Fsp3) is 0.700. The molecular formula is C20H30N2O3. The maximum Gasteiger partial charge on any atom is 0.231 e. The van der Waals surface area contributed by atoms with Crippen LogP contribution in [0.3, 0.4) is 0 Å². The monoisotopic (exact) mass is 346 g/mol. The number of aliphatic hydroxyl groups is 1. The Bertz CT molecular complexity index is 572. The third-order valence-electron chi connectivity index (χ3n) is 5.95. The predicted molar refractivity (Wildman–Crippen MR) is 97.2 cm³/mol. The normalized spacial score (nSPS) is 27.6. The molecule has 4 rings (SSSR count). The van der Waals surface area contributed by atoms with Crippen molar-refractivity contribution in [2.75, 3.05) is 39.5 Å². The Hall–Kier alpha value is -1.30. The minimum Gasteiger partial charge on any atom is -0.454 e. The van der Waals surface area contributed by atoms with Gasteiger partial charge in [0.2, 0.25) is 6.79 Å².